The van der Waals surface area contributed by atoms with Crippen LogP contribution in [0.4, 0.5) is 5.69 Å². The molecule has 0 unspecified atom stereocenters. The summed E-state index contributed by atoms with van der Waals surface area (Å²) in [5.74, 6) is -0.715. The largest absolute Gasteiger partial charge is 0.307 e. The average Bonchev–Trinajstić information content (AvgIpc) is 2.93. The van der Waals surface area contributed by atoms with Crippen molar-refractivity contribution in [3.8, 4) is 0 Å². The molecule has 3 rings (SSSR count). The number of hydrogen-bond donors (Lipinski definition) is 0. The van der Waals surface area contributed by atoms with Gasteiger partial charge in [0.2, 0.25) is 5.91 Å². The number of carbonyl (C=O) groups is 3. The van der Waals surface area contributed by atoms with E-state index >= 15 is 0 Å². The standard InChI is InChI=1S/C20H19N3O3/c1-2-18(24)22(15-8-7-11-21-14-15)12-5-6-13-23-19(25)16-9-3-4-10-17(16)20(23)26/h2-4,7-11,14H,1,5-6,12-13H2. The lowest BCUT2D eigenvalue weighted by molar-refractivity contribution is -0.114. The van der Waals surface area contributed by atoms with Crippen LogP contribution in [-0.2, 0) is 4.79 Å². The molecule has 6 nitrogen and oxygen atoms in total. The number of imide groups is 1. The molecule has 26 heavy (non-hydrogen) atoms. The topological polar surface area (TPSA) is 70.6 Å². The summed E-state index contributed by atoms with van der Waals surface area (Å²) >= 11 is 0. The maximum atomic E-state index is 12.3. The van der Waals surface area contributed by atoms with Crippen LogP contribution in [0.1, 0.15) is 33.6 Å². The fourth-order valence-electron chi connectivity index (χ4n) is 2.97. The van der Waals surface area contributed by atoms with Crippen molar-refractivity contribution in [2.24, 2.45) is 0 Å². The molecule has 0 saturated carbocycles. The molecule has 0 N–H and O–H groups in total. The van der Waals surface area contributed by atoms with Crippen molar-refractivity contribution < 1.29 is 14.4 Å². The number of fused-ring (bicyclic) bond motifs is 1. The van der Waals surface area contributed by atoms with Gasteiger partial charge in [-0.2, -0.15) is 0 Å². The third kappa shape index (κ3) is 3.39. The van der Waals surface area contributed by atoms with Gasteiger partial charge < -0.3 is 4.90 Å². The highest BCUT2D eigenvalue weighted by Crippen LogP contribution is 2.23. The second-order valence-corrected chi connectivity index (χ2v) is 5.92. The molecule has 0 spiro atoms. The number of carbonyl (C=O) groups excluding carboxylic acids is 3. The highest BCUT2D eigenvalue weighted by molar-refractivity contribution is 6.21. The Morgan fingerprint density at radius 3 is 2.35 bits per heavy atom. The summed E-state index contributed by atoms with van der Waals surface area (Å²) in [4.78, 5) is 43.6. The van der Waals surface area contributed by atoms with Crippen molar-refractivity contribution >= 4 is 23.4 Å². The zero-order valence-corrected chi connectivity index (χ0v) is 14.3. The van der Waals surface area contributed by atoms with Gasteiger partial charge in [-0.25, -0.2) is 0 Å². The number of amides is 3. The van der Waals surface area contributed by atoms with E-state index in [-0.39, 0.29) is 17.7 Å². The molecule has 2 aromatic rings. The van der Waals surface area contributed by atoms with Crippen LogP contribution >= 0.6 is 0 Å². The van der Waals surface area contributed by atoms with E-state index in [0.29, 0.717) is 42.7 Å². The smallest absolute Gasteiger partial charge is 0.261 e. The van der Waals surface area contributed by atoms with Crippen LogP contribution in [0.25, 0.3) is 0 Å². The van der Waals surface area contributed by atoms with E-state index in [2.05, 4.69) is 11.6 Å². The Hall–Kier alpha value is -3.28. The molecule has 6 heteroatoms. The van der Waals surface area contributed by atoms with Gasteiger partial charge in [0.05, 0.1) is 23.0 Å². The summed E-state index contributed by atoms with van der Waals surface area (Å²) in [5.41, 5.74) is 1.60. The molecule has 1 aromatic carbocycles. The molecule has 0 bridgehead atoms. The summed E-state index contributed by atoms with van der Waals surface area (Å²) in [7, 11) is 0. The maximum Gasteiger partial charge on any atom is 0.261 e. The molecule has 1 aliphatic heterocycles. The second-order valence-electron chi connectivity index (χ2n) is 5.92. The SMILES string of the molecule is C=CC(=O)N(CCCCN1C(=O)c2ccccc2C1=O)c1cccnc1. The Morgan fingerprint density at radius 1 is 1.08 bits per heavy atom. The molecular formula is C20H19N3O3. The van der Waals surface area contributed by atoms with E-state index in [4.69, 9.17) is 0 Å². The Balaban J connectivity index is 1.58. The van der Waals surface area contributed by atoms with E-state index in [9.17, 15) is 14.4 Å². The first-order chi connectivity index (χ1) is 12.6. The first-order valence-electron chi connectivity index (χ1n) is 8.42. The van der Waals surface area contributed by atoms with Gasteiger partial charge in [0, 0.05) is 19.3 Å². The van der Waals surface area contributed by atoms with Crippen molar-refractivity contribution in [1.29, 1.82) is 0 Å². The molecule has 0 fully saturated rings. The van der Waals surface area contributed by atoms with E-state index < -0.39 is 0 Å². The zero-order chi connectivity index (χ0) is 18.5. The lowest BCUT2D eigenvalue weighted by Crippen LogP contribution is -2.33. The monoisotopic (exact) mass is 349 g/mol. The Labute approximate surface area is 151 Å². The third-order valence-corrected chi connectivity index (χ3v) is 4.29. The normalized spacial score (nSPS) is 12.8. The predicted molar refractivity (Wildman–Crippen MR) is 97.8 cm³/mol. The van der Waals surface area contributed by atoms with E-state index in [1.54, 1.807) is 53.7 Å². The number of benzene rings is 1. The Kier molecular flexibility index (Phi) is 5.22. The van der Waals surface area contributed by atoms with Crippen molar-refractivity contribution in [1.82, 2.24) is 9.88 Å². The van der Waals surface area contributed by atoms with Crippen molar-refractivity contribution in [3.05, 3.63) is 72.6 Å². The van der Waals surface area contributed by atoms with Crippen LogP contribution in [0, 0.1) is 0 Å². The molecule has 0 aliphatic carbocycles. The third-order valence-electron chi connectivity index (χ3n) is 4.29. The predicted octanol–water partition coefficient (Wildman–Crippen LogP) is 2.68. The van der Waals surface area contributed by atoms with Crippen LogP contribution in [0.2, 0.25) is 0 Å². The molecule has 0 radical (unpaired) electrons. The van der Waals surface area contributed by atoms with Crippen molar-refractivity contribution in [2.75, 3.05) is 18.0 Å². The summed E-state index contributed by atoms with van der Waals surface area (Å²) in [6, 6.07) is 10.4. The van der Waals surface area contributed by atoms with Crippen LogP contribution in [0.5, 0.6) is 0 Å². The van der Waals surface area contributed by atoms with Gasteiger partial charge in [-0.3, -0.25) is 24.3 Å². The van der Waals surface area contributed by atoms with E-state index in [1.165, 1.54) is 11.0 Å². The molecule has 1 aromatic heterocycles. The van der Waals surface area contributed by atoms with E-state index in [1.807, 2.05) is 0 Å². The minimum Gasteiger partial charge on any atom is -0.307 e. The first-order valence-corrected chi connectivity index (χ1v) is 8.42. The average molecular weight is 349 g/mol. The summed E-state index contributed by atoms with van der Waals surface area (Å²) in [5, 5.41) is 0. The lowest BCUT2D eigenvalue weighted by atomic mass is 10.1. The number of anilines is 1. The molecule has 0 atom stereocenters. The molecule has 2 heterocycles. The minimum absolute atomic E-state index is 0.210. The van der Waals surface area contributed by atoms with Gasteiger partial charge in [-0.05, 0) is 43.2 Å². The van der Waals surface area contributed by atoms with Crippen LogP contribution in [0.3, 0.4) is 0 Å². The maximum absolute atomic E-state index is 12.3. The summed E-state index contributed by atoms with van der Waals surface area (Å²) in [6.07, 6.45) is 5.76. The van der Waals surface area contributed by atoms with Gasteiger partial charge in [-0.15, -0.1) is 0 Å². The molecule has 3 amide bonds. The lowest BCUT2D eigenvalue weighted by Gasteiger charge is -2.21. The van der Waals surface area contributed by atoms with Crippen molar-refractivity contribution in [3.63, 3.8) is 0 Å². The van der Waals surface area contributed by atoms with Gasteiger partial charge >= 0.3 is 0 Å². The number of rotatable bonds is 7. The van der Waals surface area contributed by atoms with Gasteiger partial charge in [0.15, 0.2) is 0 Å². The van der Waals surface area contributed by atoms with Gasteiger partial charge in [0.25, 0.3) is 11.8 Å². The fourth-order valence-corrected chi connectivity index (χ4v) is 2.97. The summed E-state index contributed by atoms with van der Waals surface area (Å²) in [6.45, 7) is 4.32. The van der Waals surface area contributed by atoms with E-state index in [0.717, 1.165) is 0 Å². The van der Waals surface area contributed by atoms with Crippen LogP contribution < -0.4 is 4.90 Å². The Bertz CT molecular complexity index is 813. The molecule has 132 valence electrons. The van der Waals surface area contributed by atoms with Gasteiger partial charge in [-0.1, -0.05) is 18.7 Å². The quantitative estimate of drug-likeness (QED) is 0.438. The highest BCUT2D eigenvalue weighted by Gasteiger charge is 2.34. The van der Waals surface area contributed by atoms with Gasteiger partial charge in [0.1, 0.15) is 0 Å². The second kappa shape index (κ2) is 7.74. The first kappa shape index (κ1) is 17.5. The number of hydrogen-bond acceptors (Lipinski definition) is 4. The highest BCUT2D eigenvalue weighted by atomic mass is 16.2. The minimum atomic E-state index is -0.253. The van der Waals surface area contributed by atoms with Crippen molar-refractivity contribution in [2.45, 2.75) is 12.8 Å². The summed E-state index contributed by atoms with van der Waals surface area (Å²) < 4.78 is 0. The van der Waals surface area contributed by atoms with Crippen LogP contribution in [-0.4, -0.2) is 40.7 Å². The van der Waals surface area contributed by atoms with Crippen LogP contribution in [0.15, 0.2) is 61.4 Å². The number of nitrogens with zero attached hydrogens (tertiary/aromatic N) is 3. The fraction of sp³-hybridized carbons (Fsp3) is 0.200. The molecular weight excluding hydrogens is 330 g/mol. The zero-order valence-electron chi connectivity index (χ0n) is 14.3. The number of pyridine rings is 1. The number of unbranched alkanes of at least 4 members (excludes halogenated alkanes) is 1. The Morgan fingerprint density at radius 2 is 1.77 bits per heavy atom. The molecule has 1 aliphatic rings. The number of aromatic nitrogens is 1. The molecule has 0 saturated heterocycles.